The number of nitrogens with two attached hydrogens (primary N) is 1. The number of amides is 2. The largest absolute Gasteiger partial charge is 0.368 e. The molecule has 2 aliphatic heterocycles. The van der Waals surface area contributed by atoms with E-state index in [1.165, 1.54) is 11.8 Å². The maximum Gasteiger partial charge on any atom is 0.251 e. The zero-order valence-electron chi connectivity index (χ0n) is 21.5. The van der Waals surface area contributed by atoms with Gasteiger partial charge in [0.1, 0.15) is 5.03 Å². The van der Waals surface area contributed by atoms with Crippen LogP contribution in [0.3, 0.4) is 0 Å². The third-order valence-electron chi connectivity index (χ3n) is 6.90. The second kappa shape index (κ2) is 12.0. The topological polar surface area (TPSA) is 108 Å². The highest BCUT2D eigenvalue weighted by Gasteiger charge is 2.20. The molecule has 0 saturated carbocycles. The second-order valence-corrected chi connectivity index (χ2v) is 10.8. The Morgan fingerprint density at radius 1 is 0.972 bits per heavy atom. The van der Waals surface area contributed by atoms with E-state index < -0.39 is 0 Å². The third-order valence-corrected chi connectivity index (χ3v) is 7.82. The molecule has 2 amide bonds. The Bertz CT molecular complexity index is 1100. The number of nitrogen functional groups attached to an aromatic ring is 1. The molecule has 194 valence electrons. The lowest BCUT2D eigenvalue weighted by molar-refractivity contribution is -0.131. The first-order valence-corrected chi connectivity index (χ1v) is 13.6. The molecule has 9 nitrogen and oxygen atoms in total. The molecule has 1 saturated heterocycles. The Morgan fingerprint density at radius 2 is 1.72 bits per heavy atom. The van der Waals surface area contributed by atoms with Crippen molar-refractivity contribution in [3.63, 3.8) is 0 Å². The van der Waals surface area contributed by atoms with Gasteiger partial charge in [0.2, 0.25) is 11.9 Å². The summed E-state index contributed by atoms with van der Waals surface area (Å²) in [6.07, 6.45) is 1.14. The fourth-order valence-electron chi connectivity index (χ4n) is 4.69. The van der Waals surface area contributed by atoms with Crippen molar-refractivity contribution in [3.05, 3.63) is 34.9 Å². The van der Waals surface area contributed by atoms with Crippen LogP contribution in [-0.4, -0.2) is 102 Å². The molecular weight excluding hydrogens is 474 g/mol. The summed E-state index contributed by atoms with van der Waals surface area (Å²) in [5.74, 6) is 0.818. The highest BCUT2D eigenvalue weighted by molar-refractivity contribution is 7.99. The lowest BCUT2D eigenvalue weighted by atomic mass is 9.97. The Kier molecular flexibility index (Phi) is 8.81. The number of piperazine rings is 1. The zero-order chi connectivity index (χ0) is 25.7. The SMILES string of the molecule is Cc1cc(C)c2cc1C(=O)NCCCN(CCN1CCN(C)CC1)C(=O)CCSc1cc-2nc(N)n1. The van der Waals surface area contributed by atoms with E-state index in [-0.39, 0.29) is 17.8 Å². The van der Waals surface area contributed by atoms with E-state index in [0.29, 0.717) is 49.5 Å². The van der Waals surface area contributed by atoms with Gasteiger partial charge in [-0.1, -0.05) is 6.07 Å². The van der Waals surface area contributed by atoms with Gasteiger partial charge in [0.25, 0.3) is 5.91 Å². The summed E-state index contributed by atoms with van der Waals surface area (Å²) in [6.45, 7) is 10.8. The number of nitrogens with zero attached hydrogens (tertiary/aromatic N) is 5. The average Bonchev–Trinajstić information content (AvgIpc) is 2.83. The number of thioether (sulfide) groups is 1. The van der Waals surface area contributed by atoms with E-state index >= 15 is 0 Å². The normalized spacial score (nSPS) is 18.8. The minimum absolute atomic E-state index is 0.118. The minimum Gasteiger partial charge on any atom is -0.368 e. The summed E-state index contributed by atoms with van der Waals surface area (Å²) in [5, 5.41) is 3.77. The molecule has 1 aromatic heterocycles. The number of carbonyl (C=O) groups is 2. The molecule has 3 heterocycles. The Morgan fingerprint density at radius 3 is 2.50 bits per heavy atom. The first-order valence-electron chi connectivity index (χ1n) is 12.7. The summed E-state index contributed by atoms with van der Waals surface area (Å²) in [7, 11) is 2.14. The van der Waals surface area contributed by atoms with Gasteiger partial charge in [-0.3, -0.25) is 14.5 Å². The molecule has 10 heteroatoms. The Hall–Kier alpha value is -2.69. The molecule has 3 N–H and O–H groups in total. The minimum atomic E-state index is -0.118. The van der Waals surface area contributed by atoms with Crippen LogP contribution in [0.25, 0.3) is 11.3 Å². The van der Waals surface area contributed by atoms with Gasteiger partial charge in [-0.05, 0) is 50.6 Å². The van der Waals surface area contributed by atoms with Crippen LogP contribution in [0, 0.1) is 13.8 Å². The molecule has 36 heavy (non-hydrogen) atoms. The molecule has 0 radical (unpaired) electrons. The van der Waals surface area contributed by atoms with Gasteiger partial charge in [0.15, 0.2) is 0 Å². The standard InChI is InChI=1S/C26H37N7O2S/c1-18-15-19(2)21-16-20(18)22-17-23(30-26(27)29-22)36-14-5-24(34)33(7-4-6-28-25(21)35)13-12-32-10-8-31(3)9-11-32/h15-17H,4-14H2,1-3H3,(H,28,35)(H2,27,29,30). The number of aryl methyl sites for hydroxylation is 2. The monoisotopic (exact) mass is 511 g/mol. The number of hydrogen-bond donors (Lipinski definition) is 2. The lowest BCUT2D eigenvalue weighted by Gasteiger charge is -2.34. The molecule has 0 aliphatic carbocycles. The fraction of sp³-hybridized carbons (Fsp3) is 0.538. The highest BCUT2D eigenvalue weighted by Crippen LogP contribution is 2.29. The van der Waals surface area contributed by atoms with Gasteiger partial charge >= 0.3 is 0 Å². The number of likely N-dealkylation sites (N-methyl/N-ethyl adjacent to an activating group) is 1. The molecule has 1 fully saturated rings. The van der Waals surface area contributed by atoms with Crippen LogP contribution < -0.4 is 11.1 Å². The molecule has 2 aromatic rings. The van der Waals surface area contributed by atoms with Crippen LogP contribution >= 0.6 is 11.8 Å². The van der Waals surface area contributed by atoms with E-state index in [2.05, 4.69) is 32.1 Å². The number of aromatic nitrogens is 2. The van der Waals surface area contributed by atoms with Crippen molar-refractivity contribution >= 4 is 29.5 Å². The van der Waals surface area contributed by atoms with E-state index in [0.717, 1.165) is 54.4 Å². The Labute approximate surface area is 217 Å². The van der Waals surface area contributed by atoms with Crippen molar-refractivity contribution in [1.82, 2.24) is 30.0 Å². The summed E-state index contributed by atoms with van der Waals surface area (Å²) >= 11 is 1.51. The van der Waals surface area contributed by atoms with E-state index in [1.807, 2.05) is 36.9 Å². The molecule has 0 atom stereocenters. The molecular formula is C26H37N7O2S. The summed E-state index contributed by atoms with van der Waals surface area (Å²) in [4.78, 5) is 41.7. The molecule has 0 spiro atoms. The second-order valence-electron chi connectivity index (χ2n) is 9.67. The van der Waals surface area contributed by atoms with E-state index in [4.69, 9.17) is 5.73 Å². The van der Waals surface area contributed by atoms with Crippen molar-refractivity contribution in [3.8, 4) is 11.3 Å². The molecule has 2 aliphatic rings. The van der Waals surface area contributed by atoms with Gasteiger partial charge in [-0.25, -0.2) is 9.97 Å². The lowest BCUT2D eigenvalue weighted by Crippen LogP contribution is -2.48. The quantitative estimate of drug-likeness (QED) is 0.603. The van der Waals surface area contributed by atoms with Crippen molar-refractivity contribution in [1.29, 1.82) is 0 Å². The van der Waals surface area contributed by atoms with Crippen molar-refractivity contribution in [2.75, 3.05) is 70.9 Å². The van der Waals surface area contributed by atoms with Gasteiger partial charge in [0, 0.05) is 75.7 Å². The summed E-state index contributed by atoms with van der Waals surface area (Å²) < 4.78 is 0. The highest BCUT2D eigenvalue weighted by atomic mass is 32.2. The number of carbonyl (C=O) groups excluding carboxylic acids is 2. The number of nitrogens with one attached hydrogen (secondary N) is 1. The average molecular weight is 512 g/mol. The van der Waals surface area contributed by atoms with Crippen molar-refractivity contribution in [2.24, 2.45) is 0 Å². The molecule has 1 aromatic carbocycles. The van der Waals surface area contributed by atoms with E-state index in [9.17, 15) is 9.59 Å². The Balaban J connectivity index is 1.53. The summed E-state index contributed by atoms with van der Waals surface area (Å²) in [6, 6.07) is 5.80. The third kappa shape index (κ3) is 6.74. The van der Waals surface area contributed by atoms with Gasteiger partial charge < -0.3 is 20.9 Å². The van der Waals surface area contributed by atoms with Gasteiger partial charge in [-0.2, -0.15) is 0 Å². The first kappa shape index (κ1) is 26.4. The maximum absolute atomic E-state index is 13.2. The smallest absolute Gasteiger partial charge is 0.251 e. The van der Waals surface area contributed by atoms with Crippen LogP contribution in [0.1, 0.15) is 34.3 Å². The van der Waals surface area contributed by atoms with Crippen LogP contribution in [0.2, 0.25) is 0 Å². The van der Waals surface area contributed by atoms with Crippen LogP contribution in [0.15, 0.2) is 23.2 Å². The number of hydrogen-bond acceptors (Lipinski definition) is 8. The number of fused-ring (bicyclic) bond motifs is 5. The maximum atomic E-state index is 13.2. The summed E-state index contributed by atoms with van der Waals surface area (Å²) in [5.41, 5.74) is 10.1. The zero-order valence-corrected chi connectivity index (χ0v) is 22.4. The molecule has 4 bridgehead atoms. The van der Waals surface area contributed by atoms with Gasteiger partial charge in [0.05, 0.1) is 5.69 Å². The number of benzene rings is 1. The van der Waals surface area contributed by atoms with Crippen LogP contribution in [-0.2, 0) is 4.79 Å². The molecule has 0 unspecified atom stereocenters. The van der Waals surface area contributed by atoms with Crippen LogP contribution in [0.5, 0.6) is 0 Å². The molecule has 4 rings (SSSR count). The van der Waals surface area contributed by atoms with Gasteiger partial charge in [-0.15, -0.1) is 11.8 Å². The van der Waals surface area contributed by atoms with E-state index in [1.54, 1.807) is 0 Å². The predicted molar refractivity (Wildman–Crippen MR) is 144 cm³/mol. The number of rotatable bonds is 3. The van der Waals surface area contributed by atoms with Crippen molar-refractivity contribution in [2.45, 2.75) is 31.7 Å². The fourth-order valence-corrected chi connectivity index (χ4v) is 5.53. The number of anilines is 1. The first-order chi connectivity index (χ1) is 17.3. The van der Waals surface area contributed by atoms with Crippen molar-refractivity contribution < 1.29 is 9.59 Å². The predicted octanol–water partition coefficient (Wildman–Crippen LogP) is 2.03. The van der Waals surface area contributed by atoms with Crippen LogP contribution in [0.4, 0.5) is 5.95 Å².